The highest BCUT2D eigenvalue weighted by molar-refractivity contribution is 6.02. The van der Waals surface area contributed by atoms with Gasteiger partial charge < -0.3 is 15.4 Å². The molecular formula is C21H21FN2O2. The summed E-state index contributed by atoms with van der Waals surface area (Å²) in [5, 5.41) is 9.39. The first kappa shape index (κ1) is 17.7. The molecule has 1 heterocycles. The maximum absolute atomic E-state index is 13.3. The van der Waals surface area contributed by atoms with E-state index in [1.807, 2.05) is 26.0 Å². The average molecular weight is 352 g/mol. The number of carbonyl (C=O) groups excluding carboxylic acids is 1. The molecule has 0 fully saturated rings. The molecule has 0 aliphatic heterocycles. The topological polar surface area (TPSA) is 68.2 Å². The summed E-state index contributed by atoms with van der Waals surface area (Å²) >= 11 is 0. The lowest BCUT2D eigenvalue weighted by Crippen LogP contribution is -2.13. The maximum Gasteiger partial charge on any atom is 0.251 e. The summed E-state index contributed by atoms with van der Waals surface area (Å²) in [5.41, 5.74) is 10.4. The number of halogens is 1. The fraction of sp³-hybridized carbons (Fsp3) is 0.190. The Balaban J connectivity index is 2.00. The monoisotopic (exact) mass is 352 g/mol. The van der Waals surface area contributed by atoms with E-state index in [9.17, 15) is 14.3 Å². The van der Waals surface area contributed by atoms with Crippen LogP contribution in [0.1, 0.15) is 27.3 Å². The molecule has 1 amide bonds. The molecule has 1 aromatic heterocycles. The van der Waals surface area contributed by atoms with E-state index in [-0.39, 0.29) is 11.6 Å². The van der Waals surface area contributed by atoms with E-state index in [0.717, 1.165) is 34.5 Å². The van der Waals surface area contributed by atoms with Crippen LogP contribution in [0, 0.1) is 19.7 Å². The minimum atomic E-state index is -0.492. The Morgan fingerprint density at radius 2 is 1.65 bits per heavy atom. The number of carbonyl (C=O) groups is 1. The molecule has 0 aliphatic rings. The van der Waals surface area contributed by atoms with Gasteiger partial charge in [-0.1, -0.05) is 24.3 Å². The average Bonchev–Trinajstić information content (AvgIpc) is 2.86. The SMILES string of the molecule is Cc1c(C(N)=O)c(-c2ccc(F)cc2)c(C)n1CCc1ccc(O)cc1. The van der Waals surface area contributed by atoms with Gasteiger partial charge in [0.25, 0.3) is 5.91 Å². The Hall–Kier alpha value is -3.08. The number of primary amides is 1. The minimum Gasteiger partial charge on any atom is -0.508 e. The molecule has 2 aromatic carbocycles. The number of nitrogens with two attached hydrogens (primary N) is 1. The molecular weight excluding hydrogens is 331 g/mol. The Morgan fingerprint density at radius 1 is 1.04 bits per heavy atom. The van der Waals surface area contributed by atoms with Gasteiger partial charge >= 0.3 is 0 Å². The Morgan fingerprint density at radius 3 is 2.23 bits per heavy atom. The quantitative estimate of drug-likeness (QED) is 0.730. The Bertz CT molecular complexity index is 942. The van der Waals surface area contributed by atoms with Crippen molar-refractivity contribution in [2.45, 2.75) is 26.8 Å². The van der Waals surface area contributed by atoms with E-state index in [4.69, 9.17) is 5.73 Å². The number of phenolic OH excluding ortho intramolecular Hbond substituents is 1. The standard InChI is InChI=1S/C21H21FN2O2/c1-13-19(16-5-7-17(22)8-6-16)20(21(23)26)14(2)24(13)12-11-15-3-9-18(25)10-4-15/h3-10,25H,11-12H2,1-2H3,(H2,23,26). The van der Waals surface area contributed by atoms with Crippen molar-refractivity contribution in [3.63, 3.8) is 0 Å². The summed E-state index contributed by atoms with van der Waals surface area (Å²) in [6.07, 6.45) is 0.748. The number of aromatic hydroxyl groups is 1. The first-order valence-electron chi connectivity index (χ1n) is 8.42. The summed E-state index contributed by atoms with van der Waals surface area (Å²) in [5.74, 6) is -0.583. The van der Waals surface area contributed by atoms with E-state index >= 15 is 0 Å². The number of aryl methyl sites for hydroxylation is 1. The summed E-state index contributed by atoms with van der Waals surface area (Å²) < 4.78 is 15.3. The summed E-state index contributed by atoms with van der Waals surface area (Å²) in [7, 11) is 0. The van der Waals surface area contributed by atoms with Crippen molar-refractivity contribution >= 4 is 5.91 Å². The van der Waals surface area contributed by atoms with Crippen molar-refractivity contribution in [1.29, 1.82) is 0 Å². The van der Waals surface area contributed by atoms with Crippen LogP contribution in [0.3, 0.4) is 0 Å². The molecule has 0 bridgehead atoms. The van der Waals surface area contributed by atoms with E-state index in [2.05, 4.69) is 4.57 Å². The number of aromatic nitrogens is 1. The largest absolute Gasteiger partial charge is 0.508 e. The molecule has 134 valence electrons. The van der Waals surface area contributed by atoms with Crippen LogP contribution >= 0.6 is 0 Å². The molecule has 3 N–H and O–H groups in total. The number of hydrogen-bond donors (Lipinski definition) is 2. The van der Waals surface area contributed by atoms with Crippen LogP contribution in [0.15, 0.2) is 48.5 Å². The van der Waals surface area contributed by atoms with Gasteiger partial charge in [0, 0.05) is 23.5 Å². The van der Waals surface area contributed by atoms with Crippen molar-refractivity contribution < 1.29 is 14.3 Å². The number of benzene rings is 2. The lowest BCUT2D eigenvalue weighted by Gasteiger charge is -2.10. The van der Waals surface area contributed by atoms with Gasteiger partial charge in [-0.2, -0.15) is 0 Å². The first-order valence-corrected chi connectivity index (χ1v) is 8.42. The molecule has 0 radical (unpaired) electrons. The smallest absolute Gasteiger partial charge is 0.251 e. The van der Waals surface area contributed by atoms with Crippen molar-refractivity contribution in [2.24, 2.45) is 5.73 Å². The fourth-order valence-corrected chi connectivity index (χ4v) is 3.39. The van der Waals surface area contributed by atoms with Crippen LogP contribution in [0.25, 0.3) is 11.1 Å². The number of rotatable bonds is 5. The second-order valence-corrected chi connectivity index (χ2v) is 6.36. The third kappa shape index (κ3) is 3.33. The minimum absolute atomic E-state index is 0.233. The van der Waals surface area contributed by atoms with Gasteiger partial charge in [-0.15, -0.1) is 0 Å². The molecule has 5 heteroatoms. The summed E-state index contributed by atoms with van der Waals surface area (Å²) in [6.45, 7) is 4.48. The van der Waals surface area contributed by atoms with Gasteiger partial charge in [-0.05, 0) is 55.7 Å². The molecule has 0 aliphatic carbocycles. The Kier molecular flexibility index (Phi) is 4.80. The maximum atomic E-state index is 13.3. The fourth-order valence-electron chi connectivity index (χ4n) is 3.39. The Labute approximate surface area is 151 Å². The zero-order chi connectivity index (χ0) is 18.8. The van der Waals surface area contributed by atoms with Gasteiger partial charge in [-0.3, -0.25) is 4.79 Å². The van der Waals surface area contributed by atoms with Gasteiger partial charge in [0.05, 0.1) is 5.56 Å². The number of nitrogens with zero attached hydrogens (tertiary/aromatic N) is 1. The summed E-state index contributed by atoms with van der Waals surface area (Å²) in [4.78, 5) is 12.1. The van der Waals surface area contributed by atoms with Gasteiger partial charge in [0.15, 0.2) is 0 Å². The van der Waals surface area contributed by atoms with Crippen LogP contribution in [0.4, 0.5) is 4.39 Å². The van der Waals surface area contributed by atoms with Crippen LogP contribution in [-0.2, 0) is 13.0 Å². The third-order valence-electron chi connectivity index (χ3n) is 4.72. The van der Waals surface area contributed by atoms with Crippen molar-refractivity contribution in [3.8, 4) is 16.9 Å². The molecule has 0 unspecified atom stereocenters. The molecule has 3 rings (SSSR count). The lowest BCUT2D eigenvalue weighted by atomic mass is 10.00. The van der Waals surface area contributed by atoms with Crippen LogP contribution in [0.5, 0.6) is 5.75 Å². The predicted octanol–water partition coefficient (Wildman–Crippen LogP) is 3.96. The first-order chi connectivity index (χ1) is 12.4. The third-order valence-corrected chi connectivity index (χ3v) is 4.72. The highest BCUT2D eigenvalue weighted by atomic mass is 19.1. The number of amides is 1. The molecule has 26 heavy (non-hydrogen) atoms. The van der Waals surface area contributed by atoms with Crippen molar-refractivity contribution in [3.05, 3.63) is 76.9 Å². The lowest BCUT2D eigenvalue weighted by molar-refractivity contribution is 0.1000. The van der Waals surface area contributed by atoms with Crippen LogP contribution in [-0.4, -0.2) is 15.6 Å². The molecule has 0 spiro atoms. The summed E-state index contributed by atoms with van der Waals surface area (Å²) in [6, 6.07) is 13.1. The highest BCUT2D eigenvalue weighted by Gasteiger charge is 2.22. The molecule has 0 saturated carbocycles. The highest BCUT2D eigenvalue weighted by Crippen LogP contribution is 2.32. The molecule has 0 atom stereocenters. The number of phenols is 1. The normalized spacial score (nSPS) is 10.9. The van der Waals surface area contributed by atoms with E-state index in [0.29, 0.717) is 12.1 Å². The van der Waals surface area contributed by atoms with E-state index in [1.165, 1.54) is 12.1 Å². The zero-order valence-electron chi connectivity index (χ0n) is 14.8. The van der Waals surface area contributed by atoms with E-state index < -0.39 is 5.91 Å². The van der Waals surface area contributed by atoms with Crippen LogP contribution < -0.4 is 5.73 Å². The zero-order valence-corrected chi connectivity index (χ0v) is 14.8. The van der Waals surface area contributed by atoms with E-state index in [1.54, 1.807) is 24.3 Å². The van der Waals surface area contributed by atoms with Gasteiger partial charge in [0.1, 0.15) is 11.6 Å². The van der Waals surface area contributed by atoms with Gasteiger partial charge in [0.2, 0.25) is 0 Å². The second-order valence-electron chi connectivity index (χ2n) is 6.36. The second kappa shape index (κ2) is 7.04. The molecule has 0 saturated heterocycles. The van der Waals surface area contributed by atoms with Gasteiger partial charge in [-0.25, -0.2) is 4.39 Å². The predicted molar refractivity (Wildman–Crippen MR) is 99.6 cm³/mol. The van der Waals surface area contributed by atoms with Crippen LogP contribution in [0.2, 0.25) is 0 Å². The van der Waals surface area contributed by atoms with Crippen molar-refractivity contribution in [1.82, 2.24) is 4.57 Å². The van der Waals surface area contributed by atoms with Crippen molar-refractivity contribution in [2.75, 3.05) is 0 Å². The number of hydrogen-bond acceptors (Lipinski definition) is 2. The molecule has 4 nitrogen and oxygen atoms in total. The molecule has 3 aromatic rings.